The minimum atomic E-state index is -0.704. The molecule has 0 aromatic heterocycles. The first-order valence-corrected chi connectivity index (χ1v) is 12.5. The van der Waals surface area contributed by atoms with Gasteiger partial charge in [0.05, 0.1) is 18.2 Å². The van der Waals surface area contributed by atoms with E-state index in [4.69, 9.17) is 14.2 Å². The monoisotopic (exact) mass is 494 g/mol. The van der Waals surface area contributed by atoms with Crippen molar-refractivity contribution in [2.45, 2.75) is 32.2 Å². The first-order chi connectivity index (χ1) is 17.4. The Hall–Kier alpha value is -3.52. The minimum Gasteiger partial charge on any atom is -0.507 e. The van der Waals surface area contributed by atoms with E-state index in [9.17, 15) is 14.7 Å². The van der Waals surface area contributed by atoms with Gasteiger partial charge in [-0.15, -0.1) is 0 Å². The average molecular weight is 495 g/mol. The van der Waals surface area contributed by atoms with Crippen LogP contribution in [0.3, 0.4) is 0 Å². The summed E-state index contributed by atoms with van der Waals surface area (Å²) in [5, 5.41) is 11.3. The Labute approximate surface area is 212 Å². The minimum absolute atomic E-state index is 0.0705. The standard InChI is InChI=1S/C28H34N2O6/c1-4-5-15-34-21-10-7-19(8-11-21)25-24(27(32)28(33)30(25)14-6-13-29(2)3)26(31)20-9-12-22-23(18-20)36-17-16-35-22/h7-12,18,25,31H,4-6,13-17H2,1-3H3/b26-24-. The molecule has 2 heterocycles. The van der Waals surface area contributed by atoms with Gasteiger partial charge in [-0.2, -0.15) is 0 Å². The number of benzene rings is 2. The normalized spacial score (nSPS) is 18.7. The SMILES string of the molecule is CCCCOc1ccc(C2/C(=C(/O)c3ccc4c(c3)OCCO4)C(=O)C(=O)N2CCCN(C)C)cc1. The third-order valence-electron chi connectivity index (χ3n) is 6.32. The van der Waals surface area contributed by atoms with Gasteiger partial charge in [0.15, 0.2) is 11.5 Å². The van der Waals surface area contributed by atoms with Gasteiger partial charge in [0, 0.05) is 12.1 Å². The van der Waals surface area contributed by atoms with Gasteiger partial charge < -0.3 is 29.1 Å². The van der Waals surface area contributed by atoms with Gasteiger partial charge in [-0.1, -0.05) is 25.5 Å². The lowest BCUT2D eigenvalue weighted by Gasteiger charge is -2.26. The molecule has 192 valence electrons. The second-order valence-electron chi connectivity index (χ2n) is 9.28. The van der Waals surface area contributed by atoms with E-state index < -0.39 is 17.7 Å². The number of Topliss-reactive ketones (excluding diaryl/α,β-unsaturated/α-hetero) is 1. The Bertz CT molecular complexity index is 1130. The molecule has 2 aromatic rings. The number of ether oxygens (including phenoxy) is 3. The number of aliphatic hydroxyl groups excluding tert-OH is 1. The van der Waals surface area contributed by atoms with Crippen molar-refractivity contribution in [3.05, 3.63) is 59.2 Å². The molecule has 1 amide bonds. The number of ketones is 1. The van der Waals surface area contributed by atoms with E-state index in [-0.39, 0.29) is 11.3 Å². The summed E-state index contributed by atoms with van der Waals surface area (Å²) in [6.45, 7) is 4.74. The number of likely N-dealkylation sites (tertiary alicyclic amines) is 1. The van der Waals surface area contributed by atoms with E-state index >= 15 is 0 Å². The summed E-state index contributed by atoms with van der Waals surface area (Å²) in [6.07, 6.45) is 2.70. The number of carbonyl (C=O) groups excluding carboxylic acids is 2. The van der Waals surface area contributed by atoms with E-state index in [0.29, 0.717) is 49.8 Å². The molecule has 36 heavy (non-hydrogen) atoms. The van der Waals surface area contributed by atoms with Crippen LogP contribution in [0.25, 0.3) is 5.76 Å². The Balaban J connectivity index is 1.71. The molecule has 8 heteroatoms. The maximum Gasteiger partial charge on any atom is 0.295 e. The number of amides is 1. The lowest BCUT2D eigenvalue weighted by Crippen LogP contribution is -2.32. The van der Waals surface area contributed by atoms with Crippen LogP contribution in [0.15, 0.2) is 48.0 Å². The van der Waals surface area contributed by atoms with E-state index in [1.165, 1.54) is 0 Å². The smallest absolute Gasteiger partial charge is 0.295 e. The highest BCUT2D eigenvalue weighted by Gasteiger charge is 2.45. The first-order valence-electron chi connectivity index (χ1n) is 12.5. The molecule has 2 aliphatic rings. The van der Waals surface area contributed by atoms with Crippen LogP contribution in [0.2, 0.25) is 0 Å². The van der Waals surface area contributed by atoms with Crippen molar-refractivity contribution < 1.29 is 28.9 Å². The number of fused-ring (bicyclic) bond motifs is 1. The zero-order chi connectivity index (χ0) is 25.7. The molecule has 4 rings (SSSR count). The molecule has 0 radical (unpaired) electrons. The summed E-state index contributed by atoms with van der Waals surface area (Å²) >= 11 is 0. The van der Waals surface area contributed by atoms with Crippen molar-refractivity contribution in [2.75, 3.05) is 47.0 Å². The molecule has 2 aliphatic heterocycles. The highest BCUT2D eigenvalue weighted by molar-refractivity contribution is 6.46. The molecule has 1 atom stereocenters. The van der Waals surface area contributed by atoms with Crippen LogP contribution in [0, 0.1) is 0 Å². The third kappa shape index (κ3) is 5.49. The average Bonchev–Trinajstić information content (AvgIpc) is 3.13. The Kier molecular flexibility index (Phi) is 8.15. The summed E-state index contributed by atoms with van der Waals surface area (Å²) in [5.74, 6) is 0.270. The Morgan fingerprint density at radius 2 is 1.78 bits per heavy atom. The van der Waals surface area contributed by atoms with Crippen LogP contribution in [-0.4, -0.2) is 73.6 Å². The van der Waals surface area contributed by atoms with Crippen molar-refractivity contribution >= 4 is 17.4 Å². The van der Waals surface area contributed by atoms with E-state index in [1.54, 1.807) is 23.1 Å². The molecule has 1 unspecified atom stereocenters. The first kappa shape index (κ1) is 25.6. The zero-order valence-electron chi connectivity index (χ0n) is 21.2. The molecule has 8 nitrogen and oxygen atoms in total. The summed E-state index contributed by atoms with van der Waals surface area (Å²) in [5.41, 5.74) is 1.21. The van der Waals surface area contributed by atoms with E-state index in [0.717, 1.165) is 30.7 Å². The molecule has 1 saturated heterocycles. The van der Waals surface area contributed by atoms with E-state index in [1.807, 2.05) is 43.3 Å². The lowest BCUT2D eigenvalue weighted by atomic mass is 9.95. The molecular weight excluding hydrogens is 460 g/mol. The van der Waals surface area contributed by atoms with Crippen LogP contribution < -0.4 is 14.2 Å². The fourth-order valence-corrected chi connectivity index (χ4v) is 4.44. The van der Waals surface area contributed by atoms with Crippen LogP contribution in [0.5, 0.6) is 17.2 Å². The Morgan fingerprint density at radius 1 is 1.06 bits per heavy atom. The van der Waals surface area contributed by atoms with Crippen molar-refractivity contribution in [3.8, 4) is 17.2 Å². The summed E-state index contributed by atoms with van der Waals surface area (Å²) in [6, 6.07) is 11.7. The molecule has 1 fully saturated rings. The van der Waals surface area contributed by atoms with E-state index in [2.05, 4.69) is 6.92 Å². The number of hydrogen-bond donors (Lipinski definition) is 1. The number of rotatable bonds is 10. The molecule has 0 aliphatic carbocycles. The van der Waals surface area contributed by atoms with Gasteiger partial charge in [0.25, 0.3) is 11.7 Å². The maximum atomic E-state index is 13.2. The Morgan fingerprint density at radius 3 is 2.47 bits per heavy atom. The predicted molar refractivity (Wildman–Crippen MR) is 136 cm³/mol. The number of nitrogens with zero attached hydrogens (tertiary/aromatic N) is 2. The van der Waals surface area contributed by atoms with Crippen LogP contribution in [0.4, 0.5) is 0 Å². The fourth-order valence-electron chi connectivity index (χ4n) is 4.44. The molecule has 0 bridgehead atoms. The number of carbonyl (C=O) groups is 2. The van der Waals surface area contributed by atoms with Gasteiger partial charge in [0.1, 0.15) is 24.7 Å². The third-order valence-corrected chi connectivity index (χ3v) is 6.32. The molecule has 0 spiro atoms. The molecule has 2 aromatic carbocycles. The van der Waals surface area contributed by atoms with Crippen molar-refractivity contribution in [1.29, 1.82) is 0 Å². The molecule has 0 saturated carbocycles. The second kappa shape index (κ2) is 11.5. The summed E-state index contributed by atoms with van der Waals surface area (Å²) in [4.78, 5) is 30.0. The van der Waals surface area contributed by atoms with Gasteiger partial charge in [-0.25, -0.2) is 0 Å². The summed E-state index contributed by atoms with van der Waals surface area (Å²) < 4.78 is 17.0. The topological polar surface area (TPSA) is 88.5 Å². The van der Waals surface area contributed by atoms with Crippen LogP contribution in [0.1, 0.15) is 43.4 Å². The van der Waals surface area contributed by atoms with Crippen LogP contribution in [-0.2, 0) is 9.59 Å². The maximum absolute atomic E-state index is 13.2. The largest absolute Gasteiger partial charge is 0.507 e. The highest BCUT2D eigenvalue weighted by Crippen LogP contribution is 2.41. The van der Waals surface area contributed by atoms with Crippen molar-refractivity contribution in [3.63, 3.8) is 0 Å². The molecule has 1 N–H and O–H groups in total. The van der Waals surface area contributed by atoms with Gasteiger partial charge in [-0.3, -0.25) is 9.59 Å². The van der Waals surface area contributed by atoms with Gasteiger partial charge >= 0.3 is 0 Å². The summed E-state index contributed by atoms with van der Waals surface area (Å²) in [7, 11) is 3.93. The highest BCUT2D eigenvalue weighted by atomic mass is 16.6. The van der Waals surface area contributed by atoms with Crippen molar-refractivity contribution in [1.82, 2.24) is 9.80 Å². The van der Waals surface area contributed by atoms with Crippen LogP contribution >= 0.6 is 0 Å². The second-order valence-corrected chi connectivity index (χ2v) is 9.28. The fraction of sp³-hybridized carbons (Fsp3) is 0.429. The quantitative estimate of drug-likeness (QED) is 0.231. The van der Waals surface area contributed by atoms with Crippen molar-refractivity contribution in [2.24, 2.45) is 0 Å². The predicted octanol–water partition coefficient (Wildman–Crippen LogP) is 4.01. The molecular formula is C28H34N2O6. The number of aliphatic hydroxyl groups is 1. The van der Waals surface area contributed by atoms with Gasteiger partial charge in [-0.05, 0) is 69.4 Å². The van der Waals surface area contributed by atoms with Gasteiger partial charge in [0.2, 0.25) is 0 Å². The number of unbranched alkanes of at least 4 members (excludes halogenated alkanes) is 1. The lowest BCUT2D eigenvalue weighted by molar-refractivity contribution is -0.139. The number of hydrogen-bond acceptors (Lipinski definition) is 7. The zero-order valence-corrected chi connectivity index (χ0v) is 21.2.